The normalized spacial score (nSPS) is 12.4. The number of carbonyl (C=O) groups excluding carboxylic acids is 1. The highest BCUT2D eigenvalue weighted by Gasteiger charge is 2.26. The maximum absolute atomic E-state index is 14.0. The molecule has 0 fully saturated rings. The van der Waals surface area contributed by atoms with Crippen molar-refractivity contribution in [1.29, 1.82) is 0 Å². The number of ether oxygens (including phenoxy) is 2. The third kappa shape index (κ3) is 2.68. The number of nitrogens with zero attached hydrogens (tertiary/aromatic N) is 2. The topological polar surface area (TPSA) is 51.7 Å². The van der Waals surface area contributed by atoms with Crippen LogP contribution in [0.5, 0.6) is 11.5 Å². The molecule has 0 saturated heterocycles. The Hall–Kier alpha value is -3.48. The van der Waals surface area contributed by atoms with Crippen LogP contribution in [0.2, 0.25) is 0 Å². The fraction of sp³-hybridized carbons (Fsp3) is 0.100. The van der Waals surface area contributed by atoms with Gasteiger partial charge in [-0.1, -0.05) is 6.07 Å². The Kier molecular flexibility index (Phi) is 3.99. The Bertz CT molecular complexity index is 1110. The number of benzene rings is 2. The molecule has 0 atom stereocenters. The summed E-state index contributed by atoms with van der Waals surface area (Å²) in [5, 5.41) is 1.62. The highest BCUT2D eigenvalue weighted by molar-refractivity contribution is 6.07. The number of halogens is 2. The van der Waals surface area contributed by atoms with Crippen LogP contribution in [0.25, 0.3) is 16.8 Å². The molecule has 3 aromatic rings. The Labute approximate surface area is 153 Å². The summed E-state index contributed by atoms with van der Waals surface area (Å²) in [6.45, 7) is 0. The van der Waals surface area contributed by atoms with Gasteiger partial charge in [0.25, 0.3) is 0 Å². The number of esters is 1. The van der Waals surface area contributed by atoms with Crippen molar-refractivity contribution in [3.63, 3.8) is 0 Å². The Balaban J connectivity index is 1.89. The maximum Gasteiger partial charge on any atom is 0.346 e. The minimum atomic E-state index is -1.26. The number of anilines is 1. The fourth-order valence-electron chi connectivity index (χ4n) is 3.09. The summed E-state index contributed by atoms with van der Waals surface area (Å²) in [4.78, 5) is 18.6. The van der Waals surface area contributed by atoms with Gasteiger partial charge in [0, 0.05) is 24.8 Å². The van der Waals surface area contributed by atoms with Crippen LogP contribution in [-0.2, 0) is 0 Å². The summed E-state index contributed by atoms with van der Waals surface area (Å²) in [5.74, 6) is -3.00. The second-order valence-electron chi connectivity index (χ2n) is 5.97. The number of rotatable bonds is 3. The van der Waals surface area contributed by atoms with E-state index in [1.165, 1.54) is 13.2 Å². The molecule has 0 amide bonds. The largest absolute Gasteiger partial charge is 0.493 e. The summed E-state index contributed by atoms with van der Waals surface area (Å²) in [6.07, 6.45) is 5.27. The average Bonchev–Trinajstić information content (AvgIpc) is 2.67. The minimum Gasteiger partial charge on any atom is -0.493 e. The van der Waals surface area contributed by atoms with Gasteiger partial charge in [0.05, 0.1) is 24.1 Å². The molecule has 136 valence electrons. The van der Waals surface area contributed by atoms with E-state index in [0.717, 1.165) is 22.9 Å². The molecule has 7 heteroatoms. The van der Waals surface area contributed by atoms with E-state index < -0.39 is 23.2 Å². The molecule has 0 unspecified atom stereocenters. The Morgan fingerprint density at radius 2 is 2.04 bits per heavy atom. The molecule has 0 radical (unpaired) electrons. The van der Waals surface area contributed by atoms with Crippen LogP contribution >= 0.6 is 0 Å². The Morgan fingerprint density at radius 3 is 2.81 bits per heavy atom. The van der Waals surface area contributed by atoms with Gasteiger partial charge in [0.1, 0.15) is 0 Å². The van der Waals surface area contributed by atoms with Crippen molar-refractivity contribution >= 4 is 28.5 Å². The highest BCUT2D eigenvalue weighted by Crippen LogP contribution is 2.46. The Morgan fingerprint density at radius 1 is 1.22 bits per heavy atom. The first-order valence-electron chi connectivity index (χ1n) is 8.08. The lowest BCUT2D eigenvalue weighted by Gasteiger charge is -2.25. The molecule has 5 nitrogen and oxygen atoms in total. The highest BCUT2D eigenvalue weighted by atomic mass is 19.2. The van der Waals surface area contributed by atoms with Gasteiger partial charge < -0.3 is 14.4 Å². The van der Waals surface area contributed by atoms with Crippen molar-refractivity contribution in [1.82, 2.24) is 4.98 Å². The molecule has 2 aromatic carbocycles. The van der Waals surface area contributed by atoms with Crippen LogP contribution in [0.1, 0.15) is 16.1 Å². The lowest BCUT2D eigenvalue weighted by atomic mass is 10.0. The molecule has 0 spiro atoms. The summed E-state index contributed by atoms with van der Waals surface area (Å²) >= 11 is 0. The maximum atomic E-state index is 14.0. The number of carbonyl (C=O) groups is 1. The van der Waals surface area contributed by atoms with Crippen molar-refractivity contribution in [3.05, 3.63) is 65.6 Å². The molecule has 27 heavy (non-hydrogen) atoms. The molecule has 0 bridgehead atoms. The molecule has 0 N–H and O–H groups in total. The van der Waals surface area contributed by atoms with Gasteiger partial charge >= 0.3 is 5.97 Å². The van der Waals surface area contributed by atoms with E-state index in [1.807, 2.05) is 12.1 Å². The van der Waals surface area contributed by atoms with Gasteiger partial charge in [0.2, 0.25) is 0 Å². The molecule has 0 saturated carbocycles. The third-order valence-corrected chi connectivity index (χ3v) is 4.37. The average molecular weight is 368 g/mol. The smallest absolute Gasteiger partial charge is 0.346 e. The number of hydrogen-bond acceptors (Lipinski definition) is 5. The van der Waals surface area contributed by atoms with Gasteiger partial charge in [-0.25, -0.2) is 13.6 Å². The first-order valence-corrected chi connectivity index (χ1v) is 8.08. The van der Waals surface area contributed by atoms with Gasteiger partial charge in [-0.05, 0) is 35.7 Å². The zero-order valence-electron chi connectivity index (χ0n) is 14.5. The van der Waals surface area contributed by atoms with Gasteiger partial charge in [0.15, 0.2) is 23.1 Å². The van der Waals surface area contributed by atoms with E-state index in [9.17, 15) is 13.6 Å². The van der Waals surface area contributed by atoms with E-state index in [-0.39, 0.29) is 5.75 Å². The van der Waals surface area contributed by atoms with Crippen LogP contribution < -0.4 is 14.4 Å². The van der Waals surface area contributed by atoms with Crippen LogP contribution in [-0.4, -0.2) is 25.1 Å². The monoisotopic (exact) mass is 368 g/mol. The summed E-state index contributed by atoms with van der Waals surface area (Å²) in [6, 6.07) is 6.87. The number of methoxy groups -OCH3 is 1. The van der Waals surface area contributed by atoms with Crippen LogP contribution in [0.3, 0.4) is 0 Å². The van der Waals surface area contributed by atoms with E-state index in [2.05, 4.69) is 4.98 Å². The van der Waals surface area contributed by atoms with E-state index in [4.69, 9.17) is 9.47 Å². The predicted octanol–water partition coefficient (Wildman–Crippen LogP) is 4.16. The van der Waals surface area contributed by atoms with Crippen LogP contribution in [0.4, 0.5) is 14.5 Å². The van der Waals surface area contributed by atoms with Crippen molar-refractivity contribution < 1.29 is 23.0 Å². The lowest BCUT2D eigenvalue weighted by Crippen LogP contribution is -2.18. The van der Waals surface area contributed by atoms with Gasteiger partial charge in [-0.2, -0.15) is 0 Å². The van der Waals surface area contributed by atoms with Crippen molar-refractivity contribution in [2.75, 3.05) is 19.1 Å². The van der Waals surface area contributed by atoms with E-state index in [1.54, 1.807) is 30.4 Å². The standard InChI is InChI=1S/C20H14F2N2O3/c1-24-9-7-14-16-11(6-8-23-14)10-15(26-2)19(18(16)24)27-20(25)12-4-3-5-13(21)17(12)22/h3-10H,1-2H3. The minimum absolute atomic E-state index is 0.111. The molecule has 0 aliphatic carbocycles. The van der Waals surface area contributed by atoms with Gasteiger partial charge in [-0.15, -0.1) is 0 Å². The van der Waals surface area contributed by atoms with E-state index in [0.29, 0.717) is 17.1 Å². The second kappa shape index (κ2) is 6.35. The molecular weight excluding hydrogens is 354 g/mol. The summed E-state index contributed by atoms with van der Waals surface area (Å²) < 4.78 is 38.3. The fourth-order valence-corrected chi connectivity index (χ4v) is 3.09. The number of pyridine rings is 1. The summed E-state index contributed by atoms with van der Waals surface area (Å²) in [5.41, 5.74) is 0.766. The third-order valence-electron chi connectivity index (χ3n) is 4.37. The van der Waals surface area contributed by atoms with Crippen LogP contribution in [0, 0.1) is 11.6 Å². The zero-order chi connectivity index (χ0) is 19.1. The van der Waals surface area contributed by atoms with Gasteiger partial charge in [-0.3, -0.25) is 4.98 Å². The SMILES string of the molecule is COc1cc2ccnc3c2c(c1OC(=O)c1cccc(F)c1F)N(C)C=C3. The van der Waals surface area contributed by atoms with E-state index >= 15 is 0 Å². The molecule has 2 heterocycles. The number of hydrogen-bond donors (Lipinski definition) is 0. The van der Waals surface area contributed by atoms with Crippen molar-refractivity contribution in [3.8, 4) is 11.5 Å². The molecule has 1 aliphatic heterocycles. The van der Waals surface area contributed by atoms with Crippen LogP contribution in [0.15, 0.2) is 42.7 Å². The first-order chi connectivity index (χ1) is 13.0. The quantitative estimate of drug-likeness (QED) is 0.513. The lowest BCUT2D eigenvalue weighted by molar-refractivity contribution is 0.0724. The van der Waals surface area contributed by atoms with Crippen molar-refractivity contribution in [2.24, 2.45) is 0 Å². The molecular formula is C20H14F2N2O3. The second-order valence-corrected chi connectivity index (χ2v) is 5.97. The zero-order valence-corrected chi connectivity index (χ0v) is 14.5. The van der Waals surface area contributed by atoms with Crippen molar-refractivity contribution in [2.45, 2.75) is 0 Å². The molecule has 4 rings (SSSR count). The summed E-state index contributed by atoms with van der Waals surface area (Å²) in [7, 11) is 3.22. The predicted molar refractivity (Wildman–Crippen MR) is 97.0 cm³/mol. The number of aromatic nitrogens is 1. The molecule has 1 aliphatic rings. The molecule has 1 aromatic heterocycles. The first kappa shape index (κ1) is 17.0.